The van der Waals surface area contributed by atoms with Crippen molar-refractivity contribution in [2.75, 3.05) is 13.1 Å². The fraction of sp³-hybridized carbons (Fsp3) is 0.375. The van der Waals surface area contributed by atoms with Gasteiger partial charge in [-0.3, -0.25) is 4.79 Å². The molecule has 20 heavy (non-hydrogen) atoms. The first-order valence-electron chi connectivity index (χ1n) is 6.85. The number of amides is 1. The van der Waals surface area contributed by atoms with Crippen molar-refractivity contribution in [3.8, 4) is 6.07 Å². The Bertz CT molecular complexity index is 636. The van der Waals surface area contributed by atoms with Gasteiger partial charge in [0.05, 0.1) is 23.6 Å². The lowest BCUT2D eigenvalue weighted by molar-refractivity contribution is 0.0741. The van der Waals surface area contributed by atoms with Gasteiger partial charge in [0.2, 0.25) is 0 Å². The van der Waals surface area contributed by atoms with E-state index in [0.29, 0.717) is 31.0 Å². The van der Waals surface area contributed by atoms with Crippen molar-refractivity contribution in [2.24, 2.45) is 5.92 Å². The summed E-state index contributed by atoms with van der Waals surface area (Å²) in [5.74, 6) is 0.363. The number of hydrogen-bond donors (Lipinski definition) is 1. The highest BCUT2D eigenvalue weighted by Gasteiger charge is 2.19. The Labute approximate surface area is 119 Å². The van der Waals surface area contributed by atoms with Gasteiger partial charge in [0, 0.05) is 24.7 Å². The molecule has 4 nitrogen and oxygen atoms in total. The van der Waals surface area contributed by atoms with Crippen LogP contribution in [0.2, 0.25) is 0 Å². The van der Waals surface area contributed by atoms with E-state index >= 15 is 0 Å². The molecule has 104 valence electrons. The third-order valence-corrected chi connectivity index (χ3v) is 3.18. The highest BCUT2D eigenvalue weighted by Crippen LogP contribution is 2.19. The highest BCUT2D eigenvalue weighted by molar-refractivity contribution is 6.05. The summed E-state index contributed by atoms with van der Waals surface area (Å²) >= 11 is 0. The van der Waals surface area contributed by atoms with Gasteiger partial charge in [0.25, 0.3) is 5.91 Å². The number of aromatic amines is 1. The van der Waals surface area contributed by atoms with Crippen LogP contribution in [0.15, 0.2) is 30.5 Å². The number of H-pyrrole nitrogens is 1. The van der Waals surface area contributed by atoms with Crippen molar-refractivity contribution < 1.29 is 4.79 Å². The number of para-hydroxylation sites is 1. The Balaban J connectivity index is 2.31. The van der Waals surface area contributed by atoms with Gasteiger partial charge in [-0.15, -0.1) is 0 Å². The molecule has 2 aromatic rings. The number of nitrogens with one attached hydrogen (secondary N) is 1. The molecule has 1 heterocycles. The number of rotatable bonds is 5. The topological polar surface area (TPSA) is 59.9 Å². The Kier molecular flexibility index (Phi) is 4.41. The molecule has 4 heteroatoms. The molecule has 0 spiro atoms. The molecule has 2 rings (SSSR count). The lowest BCUT2D eigenvalue weighted by Gasteiger charge is -2.24. The van der Waals surface area contributed by atoms with Crippen molar-refractivity contribution in [1.82, 2.24) is 9.88 Å². The molecule has 0 unspecified atom stereocenters. The van der Waals surface area contributed by atoms with Gasteiger partial charge in [-0.1, -0.05) is 26.0 Å². The van der Waals surface area contributed by atoms with E-state index in [1.54, 1.807) is 4.90 Å². The molecule has 0 bridgehead atoms. The molecule has 1 N–H and O–H groups in total. The summed E-state index contributed by atoms with van der Waals surface area (Å²) in [5.41, 5.74) is 1.54. The average Bonchev–Trinajstić information content (AvgIpc) is 2.90. The van der Waals surface area contributed by atoms with Crippen LogP contribution in [0.5, 0.6) is 0 Å². The Morgan fingerprint density at radius 3 is 2.90 bits per heavy atom. The molecular weight excluding hydrogens is 250 g/mol. The molecule has 0 aliphatic rings. The first-order chi connectivity index (χ1) is 9.63. The van der Waals surface area contributed by atoms with E-state index in [2.05, 4.69) is 24.9 Å². The number of fused-ring (bicyclic) bond motifs is 1. The predicted molar refractivity (Wildman–Crippen MR) is 79.3 cm³/mol. The maximum atomic E-state index is 12.7. The normalized spacial score (nSPS) is 10.7. The quantitative estimate of drug-likeness (QED) is 0.906. The lowest BCUT2D eigenvalue weighted by atomic mass is 10.1. The van der Waals surface area contributed by atoms with Gasteiger partial charge < -0.3 is 9.88 Å². The largest absolute Gasteiger partial charge is 0.361 e. The van der Waals surface area contributed by atoms with Crippen LogP contribution in [0, 0.1) is 17.2 Å². The van der Waals surface area contributed by atoms with Crippen LogP contribution in [0.3, 0.4) is 0 Å². The van der Waals surface area contributed by atoms with E-state index in [4.69, 9.17) is 5.26 Å². The lowest BCUT2D eigenvalue weighted by Crippen LogP contribution is -2.35. The van der Waals surface area contributed by atoms with Crippen LogP contribution >= 0.6 is 0 Å². The predicted octanol–water partition coefficient (Wildman–Crippen LogP) is 3.18. The van der Waals surface area contributed by atoms with Crippen molar-refractivity contribution >= 4 is 16.8 Å². The Morgan fingerprint density at radius 1 is 1.40 bits per heavy atom. The first kappa shape index (κ1) is 14.1. The van der Waals surface area contributed by atoms with Gasteiger partial charge in [-0.05, 0) is 18.1 Å². The summed E-state index contributed by atoms with van der Waals surface area (Å²) in [4.78, 5) is 17.6. The molecule has 1 aromatic carbocycles. The maximum absolute atomic E-state index is 12.7. The smallest absolute Gasteiger partial charge is 0.256 e. The number of carbonyl (C=O) groups excluding carboxylic acids is 1. The van der Waals surface area contributed by atoms with Gasteiger partial charge >= 0.3 is 0 Å². The minimum absolute atomic E-state index is 0.0120. The minimum atomic E-state index is -0.0120. The van der Waals surface area contributed by atoms with E-state index in [1.165, 1.54) is 0 Å². The zero-order chi connectivity index (χ0) is 14.5. The van der Waals surface area contributed by atoms with E-state index in [-0.39, 0.29) is 5.91 Å². The Hall–Kier alpha value is -2.28. The molecule has 0 radical (unpaired) electrons. The molecule has 0 aliphatic carbocycles. The summed E-state index contributed by atoms with van der Waals surface area (Å²) in [5, 5.41) is 9.77. The van der Waals surface area contributed by atoms with Crippen LogP contribution in [0.4, 0.5) is 0 Å². The number of benzene rings is 1. The number of nitrogens with zero attached hydrogens (tertiary/aromatic N) is 2. The standard InChI is InChI=1S/C16H19N3O/c1-12(2)11-19(10-4-8-17)16(20)14-6-3-5-13-7-9-18-15(13)14/h3,5-7,9,12,18H,4,10-11H2,1-2H3. The van der Waals surface area contributed by atoms with Crippen molar-refractivity contribution in [1.29, 1.82) is 5.26 Å². The summed E-state index contributed by atoms with van der Waals surface area (Å²) in [6, 6.07) is 9.76. The SMILES string of the molecule is CC(C)CN(CCC#N)C(=O)c1cccc2cc[nH]c12. The van der Waals surface area contributed by atoms with Crippen LogP contribution < -0.4 is 0 Å². The molecular formula is C16H19N3O. The fourth-order valence-electron chi connectivity index (χ4n) is 2.33. The molecule has 1 aromatic heterocycles. The molecule has 1 amide bonds. The third kappa shape index (κ3) is 3.00. The van der Waals surface area contributed by atoms with Crippen LogP contribution in [0.1, 0.15) is 30.6 Å². The minimum Gasteiger partial charge on any atom is -0.361 e. The van der Waals surface area contributed by atoms with Crippen LogP contribution in [0.25, 0.3) is 10.9 Å². The zero-order valence-corrected chi connectivity index (χ0v) is 11.9. The average molecular weight is 269 g/mol. The van der Waals surface area contributed by atoms with Gasteiger partial charge in [-0.25, -0.2) is 0 Å². The number of nitriles is 1. The number of carbonyl (C=O) groups is 1. The second-order valence-corrected chi connectivity index (χ2v) is 5.30. The second kappa shape index (κ2) is 6.25. The summed E-state index contributed by atoms with van der Waals surface area (Å²) in [6.07, 6.45) is 2.20. The molecule has 0 saturated heterocycles. The summed E-state index contributed by atoms with van der Waals surface area (Å²) in [7, 11) is 0. The van der Waals surface area contributed by atoms with Crippen molar-refractivity contribution in [2.45, 2.75) is 20.3 Å². The summed E-state index contributed by atoms with van der Waals surface area (Å²) < 4.78 is 0. The monoisotopic (exact) mass is 269 g/mol. The highest BCUT2D eigenvalue weighted by atomic mass is 16.2. The second-order valence-electron chi connectivity index (χ2n) is 5.30. The number of aromatic nitrogens is 1. The first-order valence-corrected chi connectivity index (χ1v) is 6.85. The van der Waals surface area contributed by atoms with E-state index in [0.717, 1.165) is 10.9 Å². The third-order valence-electron chi connectivity index (χ3n) is 3.18. The molecule has 0 atom stereocenters. The zero-order valence-electron chi connectivity index (χ0n) is 11.9. The van der Waals surface area contributed by atoms with E-state index in [1.807, 2.05) is 30.5 Å². The number of hydrogen-bond acceptors (Lipinski definition) is 2. The van der Waals surface area contributed by atoms with Gasteiger partial charge in [0.15, 0.2) is 0 Å². The fourth-order valence-corrected chi connectivity index (χ4v) is 2.33. The Morgan fingerprint density at radius 2 is 2.20 bits per heavy atom. The van der Waals surface area contributed by atoms with Gasteiger partial charge in [0.1, 0.15) is 0 Å². The van der Waals surface area contributed by atoms with Crippen molar-refractivity contribution in [3.05, 3.63) is 36.0 Å². The summed E-state index contributed by atoms with van der Waals surface area (Å²) in [6.45, 7) is 5.28. The van der Waals surface area contributed by atoms with Crippen LogP contribution in [-0.2, 0) is 0 Å². The molecule has 0 fully saturated rings. The van der Waals surface area contributed by atoms with Crippen LogP contribution in [-0.4, -0.2) is 28.9 Å². The maximum Gasteiger partial charge on any atom is 0.256 e. The van der Waals surface area contributed by atoms with Crippen molar-refractivity contribution in [3.63, 3.8) is 0 Å². The molecule has 0 aliphatic heterocycles. The van der Waals surface area contributed by atoms with E-state index < -0.39 is 0 Å². The van der Waals surface area contributed by atoms with Gasteiger partial charge in [-0.2, -0.15) is 5.26 Å². The molecule has 0 saturated carbocycles. The van der Waals surface area contributed by atoms with E-state index in [9.17, 15) is 4.79 Å².